The number of anilines is 1. The highest BCUT2D eigenvalue weighted by molar-refractivity contribution is 5.49. The minimum atomic E-state index is -0.613. The summed E-state index contributed by atoms with van der Waals surface area (Å²) in [5, 5.41) is 9.45. The quantitative estimate of drug-likeness (QED) is 0.869. The summed E-state index contributed by atoms with van der Waals surface area (Å²) >= 11 is 0. The number of halogens is 1. The van der Waals surface area contributed by atoms with Gasteiger partial charge in [0.2, 0.25) is 0 Å². The van der Waals surface area contributed by atoms with Crippen LogP contribution in [-0.2, 0) is 0 Å². The van der Waals surface area contributed by atoms with Gasteiger partial charge in [0.15, 0.2) is 0 Å². The molecular formula is C15H22FNO. The molecule has 1 aliphatic rings. The predicted molar refractivity (Wildman–Crippen MR) is 72.3 cm³/mol. The monoisotopic (exact) mass is 251 g/mol. The summed E-state index contributed by atoms with van der Waals surface area (Å²) in [4.78, 5) is 2.13. The van der Waals surface area contributed by atoms with Crippen LogP contribution in [-0.4, -0.2) is 18.2 Å². The number of nitrogens with zero attached hydrogens (tertiary/aromatic N) is 1. The van der Waals surface area contributed by atoms with E-state index in [4.69, 9.17) is 0 Å². The Kier molecular flexibility index (Phi) is 4.23. The van der Waals surface area contributed by atoms with Gasteiger partial charge in [0, 0.05) is 13.1 Å². The molecule has 0 amide bonds. The molecule has 1 aromatic rings. The second kappa shape index (κ2) is 5.70. The molecule has 0 aliphatic carbocycles. The highest BCUT2D eigenvalue weighted by Crippen LogP contribution is 2.27. The van der Waals surface area contributed by atoms with Crippen LogP contribution in [0, 0.1) is 11.7 Å². The third-order valence-electron chi connectivity index (χ3n) is 3.81. The second-order valence-electron chi connectivity index (χ2n) is 5.41. The van der Waals surface area contributed by atoms with Crippen molar-refractivity contribution in [1.29, 1.82) is 0 Å². The molecule has 0 bridgehead atoms. The molecule has 0 radical (unpaired) electrons. The van der Waals surface area contributed by atoms with Gasteiger partial charge in [0.25, 0.3) is 0 Å². The highest BCUT2D eigenvalue weighted by Gasteiger charge is 2.17. The fourth-order valence-electron chi connectivity index (χ4n) is 2.54. The van der Waals surface area contributed by atoms with E-state index in [1.807, 2.05) is 6.07 Å². The lowest BCUT2D eigenvalue weighted by atomic mass is 10.0. The Hall–Kier alpha value is -1.09. The predicted octanol–water partition coefficient (Wildman–Crippen LogP) is 3.51. The standard InChI is InChI=1S/C15H22FNO/c1-11-4-3-8-17(9-7-11)15-6-5-13(12(2)18)10-14(15)16/h5-6,10-12,18H,3-4,7-9H2,1-2H3. The van der Waals surface area contributed by atoms with Gasteiger partial charge in [-0.1, -0.05) is 13.0 Å². The summed E-state index contributed by atoms with van der Waals surface area (Å²) in [5.74, 6) is 0.512. The zero-order valence-corrected chi connectivity index (χ0v) is 11.2. The molecule has 1 aromatic carbocycles. The summed E-state index contributed by atoms with van der Waals surface area (Å²) < 4.78 is 14.1. The Morgan fingerprint density at radius 2 is 2.11 bits per heavy atom. The SMILES string of the molecule is CC1CCCN(c2ccc(C(C)O)cc2F)CC1. The van der Waals surface area contributed by atoms with Gasteiger partial charge >= 0.3 is 0 Å². The largest absolute Gasteiger partial charge is 0.389 e. The van der Waals surface area contributed by atoms with Gasteiger partial charge in [-0.3, -0.25) is 0 Å². The Labute approximate surface area is 108 Å². The van der Waals surface area contributed by atoms with E-state index in [9.17, 15) is 9.50 Å². The van der Waals surface area contributed by atoms with E-state index < -0.39 is 6.10 Å². The molecule has 1 N–H and O–H groups in total. The first-order valence-corrected chi connectivity index (χ1v) is 6.80. The van der Waals surface area contributed by atoms with Gasteiger partial charge in [-0.05, 0) is 49.8 Å². The Morgan fingerprint density at radius 3 is 2.78 bits per heavy atom. The molecule has 1 saturated heterocycles. The molecule has 0 spiro atoms. The fourth-order valence-corrected chi connectivity index (χ4v) is 2.54. The van der Waals surface area contributed by atoms with E-state index in [1.165, 1.54) is 12.5 Å². The highest BCUT2D eigenvalue weighted by atomic mass is 19.1. The van der Waals surface area contributed by atoms with Crippen LogP contribution in [0.2, 0.25) is 0 Å². The van der Waals surface area contributed by atoms with Crippen LogP contribution in [0.5, 0.6) is 0 Å². The Balaban J connectivity index is 2.17. The molecule has 18 heavy (non-hydrogen) atoms. The van der Waals surface area contributed by atoms with Gasteiger partial charge in [-0.15, -0.1) is 0 Å². The average molecular weight is 251 g/mol. The minimum absolute atomic E-state index is 0.219. The molecule has 2 unspecified atom stereocenters. The Morgan fingerprint density at radius 1 is 1.33 bits per heavy atom. The zero-order valence-electron chi connectivity index (χ0n) is 11.2. The number of hydrogen-bond acceptors (Lipinski definition) is 2. The van der Waals surface area contributed by atoms with Crippen LogP contribution >= 0.6 is 0 Å². The molecule has 2 atom stereocenters. The molecule has 2 nitrogen and oxygen atoms in total. The van der Waals surface area contributed by atoms with Crippen molar-refractivity contribution in [2.24, 2.45) is 5.92 Å². The number of benzene rings is 1. The van der Waals surface area contributed by atoms with Crippen molar-refractivity contribution in [2.45, 2.75) is 39.2 Å². The minimum Gasteiger partial charge on any atom is -0.389 e. The van der Waals surface area contributed by atoms with Gasteiger partial charge in [-0.2, -0.15) is 0 Å². The first kappa shape index (κ1) is 13.3. The molecule has 1 heterocycles. The van der Waals surface area contributed by atoms with Crippen LogP contribution in [0.25, 0.3) is 0 Å². The first-order chi connectivity index (χ1) is 8.58. The van der Waals surface area contributed by atoms with Gasteiger partial charge < -0.3 is 10.0 Å². The normalized spacial score (nSPS) is 22.7. The topological polar surface area (TPSA) is 23.5 Å². The summed E-state index contributed by atoms with van der Waals surface area (Å²) in [6, 6.07) is 5.07. The number of aliphatic hydroxyl groups excluding tert-OH is 1. The van der Waals surface area contributed by atoms with Crippen molar-refractivity contribution in [3.05, 3.63) is 29.6 Å². The summed E-state index contributed by atoms with van der Waals surface area (Å²) in [6.45, 7) is 5.76. The van der Waals surface area contributed by atoms with Crippen molar-refractivity contribution in [3.8, 4) is 0 Å². The molecule has 2 rings (SSSR count). The third kappa shape index (κ3) is 3.02. The van der Waals surface area contributed by atoms with Crippen LogP contribution in [0.15, 0.2) is 18.2 Å². The van der Waals surface area contributed by atoms with Gasteiger partial charge in [0.1, 0.15) is 5.82 Å². The van der Waals surface area contributed by atoms with Crippen LogP contribution in [0.4, 0.5) is 10.1 Å². The first-order valence-electron chi connectivity index (χ1n) is 6.80. The molecule has 3 heteroatoms. The number of hydrogen-bond donors (Lipinski definition) is 1. The van der Waals surface area contributed by atoms with Crippen molar-refractivity contribution in [2.75, 3.05) is 18.0 Å². The molecule has 0 aromatic heterocycles. The average Bonchev–Trinajstić information content (AvgIpc) is 2.54. The van der Waals surface area contributed by atoms with Crippen molar-refractivity contribution in [1.82, 2.24) is 0 Å². The lowest BCUT2D eigenvalue weighted by Gasteiger charge is -2.24. The van der Waals surface area contributed by atoms with E-state index in [1.54, 1.807) is 13.0 Å². The fraction of sp³-hybridized carbons (Fsp3) is 0.600. The van der Waals surface area contributed by atoms with Crippen LogP contribution < -0.4 is 4.90 Å². The van der Waals surface area contributed by atoms with Gasteiger partial charge in [0.05, 0.1) is 11.8 Å². The third-order valence-corrected chi connectivity index (χ3v) is 3.81. The molecule has 100 valence electrons. The van der Waals surface area contributed by atoms with E-state index in [0.717, 1.165) is 31.8 Å². The molecule has 0 saturated carbocycles. The zero-order chi connectivity index (χ0) is 13.1. The maximum Gasteiger partial charge on any atom is 0.146 e. The maximum atomic E-state index is 14.1. The van der Waals surface area contributed by atoms with Gasteiger partial charge in [-0.25, -0.2) is 4.39 Å². The van der Waals surface area contributed by atoms with E-state index >= 15 is 0 Å². The summed E-state index contributed by atoms with van der Waals surface area (Å²) in [6.07, 6.45) is 2.86. The van der Waals surface area contributed by atoms with E-state index in [-0.39, 0.29) is 5.82 Å². The van der Waals surface area contributed by atoms with Crippen LogP contribution in [0.3, 0.4) is 0 Å². The summed E-state index contributed by atoms with van der Waals surface area (Å²) in [7, 11) is 0. The number of rotatable bonds is 2. The molecule has 1 aliphatic heterocycles. The molecular weight excluding hydrogens is 229 g/mol. The number of aliphatic hydroxyl groups is 1. The lowest BCUT2D eigenvalue weighted by Crippen LogP contribution is -2.25. The lowest BCUT2D eigenvalue weighted by molar-refractivity contribution is 0.199. The van der Waals surface area contributed by atoms with Crippen molar-refractivity contribution >= 4 is 5.69 Å². The van der Waals surface area contributed by atoms with Crippen LogP contribution in [0.1, 0.15) is 44.8 Å². The van der Waals surface area contributed by atoms with Crippen molar-refractivity contribution < 1.29 is 9.50 Å². The molecule has 1 fully saturated rings. The van der Waals surface area contributed by atoms with E-state index in [2.05, 4.69) is 11.8 Å². The van der Waals surface area contributed by atoms with Crippen molar-refractivity contribution in [3.63, 3.8) is 0 Å². The Bertz CT molecular complexity index is 405. The summed E-state index contributed by atoms with van der Waals surface area (Å²) in [5.41, 5.74) is 1.31. The smallest absolute Gasteiger partial charge is 0.146 e. The maximum absolute atomic E-state index is 14.1. The second-order valence-corrected chi connectivity index (χ2v) is 5.41. The van der Waals surface area contributed by atoms with E-state index in [0.29, 0.717) is 11.3 Å².